The molecule has 0 bridgehead atoms. The van der Waals surface area contributed by atoms with Crippen molar-refractivity contribution in [1.29, 1.82) is 0 Å². The average molecular weight is 779 g/mol. The van der Waals surface area contributed by atoms with Crippen LogP contribution in [0.3, 0.4) is 0 Å². The SMILES string of the molecule is CCC(COC(=O)c1cc(OC)c(OC)c(OC)c1)(c1ccccc1)N(C)C.Cc1c(-c2ccccc2)oc2c(C(=O)OCCN3CCCCC3)cccc2c1=O. The number of carbonyl (C=O) groups excluding carboxylic acids is 2. The highest BCUT2D eigenvalue weighted by molar-refractivity contribution is 6.02. The van der Waals surface area contributed by atoms with Crippen LogP contribution in [0.5, 0.6) is 17.2 Å². The van der Waals surface area contributed by atoms with Gasteiger partial charge in [0.25, 0.3) is 0 Å². The van der Waals surface area contributed by atoms with Crippen LogP contribution in [0.2, 0.25) is 0 Å². The fraction of sp³-hybridized carbons (Fsp3) is 0.370. The van der Waals surface area contributed by atoms with Gasteiger partial charge in [-0.3, -0.25) is 14.6 Å². The van der Waals surface area contributed by atoms with E-state index in [4.69, 9.17) is 28.1 Å². The molecule has 0 amide bonds. The number of benzene rings is 4. The van der Waals surface area contributed by atoms with Crippen molar-refractivity contribution in [3.63, 3.8) is 0 Å². The molecule has 1 aliphatic heterocycles. The molecule has 0 spiro atoms. The number of likely N-dealkylation sites (N-methyl/N-ethyl adjacent to an activating group) is 1. The Balaban J connectivity index is 0.000000218. The van der Waals surface area contributed by atoms with Crippen LogP contribution in [0.4, 0.5) is 0 Å². The van der Waals surface area contributed by atoms with E-state index < -0.39 is 17.5 Å². The van der Waals surface area contributed by atoms with Crippen LogP contribution >= 0.6 is 0 Å². The summed E-state index contributed by atoms with van der Waals surface area (Å²) in [5, 5.41) is 0.396. The first kappa shape index (κ1) is 42.5. The van der Waals surface area contributed by atoms with Gasteiger partial charge in [-0.15, -0.1) is 0 Å². The number of ether oxygens (including phenoxy) is 5. The number of piperidine rings is 1. The molecule has 0 N–H and O–H groups in total. The highest BCUT2D eigenvalue weighted by Crippen LogP contribution is 2.39. The van der Waals surface area contributed by atoms with Crippen molar-refractivity contribution in [3.8, 4) is 28.6 Å². The van der Waals surface area contributed by atoms with Crippen molar-refractivity contribution in [1.82, 2.24) is 9.80 Å². The maximum Gasteiger partial charge on any atom is 0.342 e. The van der Waals surface area contributed by atoms with Gasteiger partial charge in [0.1, 0.15) is 24.5 Å². The first-order valence-corrected chi connectivity index (χ1v) is 19.3. The molecule has 11 heteroatoms. The van der Waals surface area contributed by atoms with Gasteiger partial charge < -0.3 is 28.1 Å². The lowest BCUT2D eigenvalue weighted by Gasteiger charge is -2.39. The molecule has 6 rings (SSSR count). The normalized spacial score (nSPS) is 13.9. The molecule has 0 saturated carbocycles. The lowest BCUT2D eigenvalue weighted by molar-refractivity contribution is 0.0119. The predicted molar refractivity (Wildman–Crippen MR) is 222 cm³/mol. The molecule has 11 nitrogen and oxygen atoms in total. The molecule has 2 heterocycles. The molecular formula is C46H54N2O9. The topological polar surface area (TPSA) is 117 Å². The third-order valence-corrected chi connectivity index (χ3v) is 10.6. The van der Waals surface area contributed by atoms with E-state index in [1.807, 2.05) is 62.6 Å². The minimum Gasteiger partial charge on any atom is -0.493 e. The summed E-state index contributed by atoms with van der Waals surface area (Å²) in [6.07, 6.45) is 4.45. The Morgan fingerprint density at radius 3 is 2.00 bits per heavy atom. The second-order valence-electron chi connectivity index (χ2n) is 14.1. The zero-order valence-corrected chi connectivity index (χ0v) is 34.1. The van der Waals surface area contributed by atoms with Gasteiger partial charge in [0.15, 0.2) is 22.5 Å². The zero-order chi connectivity index (χ0) is 41.0. The standard InChI is InChI=1S/C24H25NO4.C22H29NO5/c1-17-21(26)19-11-8-12-20(23(19)29-22(17)18-9-4-2-5-10-18)24(27)28-16-15-25-13-6-3-7-14-25;1-7-22(23(2)3,17-11-9-8-10-12-17)15-28-21(24)16-13-18(25-4)20(27-6)19(14-16)26-5/h2,4-5,8-12H,3,6-7,13-16H2,1H3;8-14H,7,15H2,1-6H3. The maximum atomic E-state index is 12.9. The van der Waals surface area contributed by atoms with Gasteiger partial charge in [-0.25, -0.2) is 9.59 Å². The van der Waals surface area contributed by atoms with E-state index >= 15 is 0 Å². The van der Waals surface area contributed by atoms with Gasteiger partial charge in [0.2, 0.25) is 5.75 Å². The second kappa shape index (κ2) is 20.0. The first-order chi connectivity index (χ1) is 27.6. The Labute approximate surface area is 335 Å². The van der Waals surface area contributed by atoms with Gasteiger partial charge in [0.05, 0.1) is 37.8 Å². The van der Waals surface area contributed by atoms with Gasteiger partial charge in [-0.05, 0) is 83.2 Å². The summed E-state index contributed by atoms with van der Waals surface area (Å²) in [4.78, 5) is 42.8. The van der Waals surface area contributed by atoms with Gasteiger partial charge in [0, 0.05) is 17.7 Å². The number of rotatable bonds is 14. The fourth-order valence-corrected chi connectivity index (χ4v) is 7.17. The number of hydrogen-bond acceptors (Lipinski definition) is 11. The Kier molecular flexibility index (Phi) is 14.9. The predicted octanol–water partition coefficient (Wildman–Crippen LogP) is 8.15. The minimum absolute atomic E-state index is 0.131. The quantitative estimate of drug-likeness (QED) is 0.102. The molecule has 0 aliphatic carbocycles. The molecule has 302 valence electrons. The van der Waals surface area contributed by atoms with Crippen molar-refractivity contribution >= 4 is 22.9 Å². The van der Waals surface area contributed by atoms with Crippen LogP contribution < -0.4 is 19.6 Å². The van der Waals surface area contributed by atoms with E-state index in [1.165, 1.54) is 40.6 Å². The third-order valence-electron chi connectivity index (χ3n) is 10.6. The third kappa shape index (κ3) is 9.84. The van der Waals surface area contributed by atoms with Crippen molar-refractivity contribution in [2.75, 3.05) is 68.3 Å². The zero-order valence-electron chi connectivity index (χ0n) is 34.1. The number of hydrogen-bond donors (Lipinski definition) is 0. The van der Waals surface area contributed by atoms with Crippen LogP contribution in [0.1, 0.15) is 64.4 Å². The van der Waals surface area contributed by atoms with Crippen LogP contribution in [-0.2, 0) is 15.0 Å². The van der Waals surface area contributed by atoms with Crippen molar-refractivity contribution < 1.29 is 37.7 Å². The average Bonchev–Trinajstić information content (AvgIpc) is 3.25. The van der Waals surface area contributed by atoms with Gasteiger partial charge in [-0.1, -0.05) is 80.1 Å². The summed E-state index contributed by atoms with van der Waals surface area (Å²) in [5.74, 6) is 0.824. The van der Waals surface area contributed by atoms with Crippen molar-refractivity contribution in [2.45, 2.75) is 45.1 Å². The molecule has 1 unspecified atom stereocenters. The highest BCUT2D eigenvalue weighted by atomic mass is 16.5. The molecule has 1 aromatic heterocycles. The van der Waals surface area contributed by atoms with E-state index in [-0.39, 0.29) is 23.2 Å². The Bertz CT molecular complexity index is 2140. The Morgan fingerprint density at radius 2 is 1.42 bits per heavy atom. The number of nitrogens with zero attached hydrogens (tertiary/aromatic N) is 2. The lowest BCUT2D eigenvalue weighted by atomic mass is 9.87. The lowest BCUT2D eigenvalue weighted by Crippen LogP contribution is -2.45. The molecular weight excluding hydrogens is 725 g/mol. The van der Waals surface area contributed by atoms with E-state index in [0.717, 1.165) is 37.2 Å². The fourth-order valence-electron chi connectivity index (χ4n) is 7.17. The van der Waals surface area contributed by atoms with Gasteiger partial charge in [-0.2, -0.15) is 0 Å². The maximum absolute atomic E-state index is 12.9. The van der Waals surface area contributed by atoms with Crippen LogP contribution in [0.15, 0.2) is 100 Å². The summed E-state index contributed by atoms with van der Waals surface area (Å²) in [6, 6.07) is 27.7. The molecule has 0 radical (unpaired) electrons. The molecule has 1 saturated heterocycles. The second-order valence-corrected chi connectivity index (χ2v) is 14.1. The number of carbonyl (C=O) groups is 2. The van der Waals surface area contributed by atoms with Crippen LogP contribution in [0, 0.1) is 6.92 Å². The first-order valence-electron chi connectivity index (χ1n) is 19.3. The number of para-hydroxylation sites is 1. The molecule has 5 aromatic rings. The largest absolute Gasteiger partial charge is 0.493 e. The van der Waals surface area contributed by atoms with E-state index in [1.54, 1.807) is 37.3 Å². The minimum atomic E-state index is -0.460. The Morgan fingerprint density at radius 1 is 0.789 bits per heavy atom. The summed E-state index contributed by atoms with van der Waals surface area (Å²) in [7, 11) is 8.52. The van der Waals surface area contributed by atoms with E-state index in [9.17, 15) is 14.4 Å². The number of methoxy groups -OCH3 is 3. The highest BCUT2D eigenvalue weighted by Gasteiger charge is 2.35. The number of fused-ring (bicyclic) bond motifs is 1. The van der Waals surface area contributed by atoms with E-state index in [2.05, 4.69) is 28.9 Å². The van der Waals surface area contributed by atoms with Gasteiger partial charge >= 0.3 is 11.9 Å². The summed E-state index contributed by atoms with van der Waals surface area (Å²) in [5.41, 5.74) is 2.79. The monoisotopic (exact) mass is 778 g/mol. The summed E-state index contributed by atoms with van der Waals surface area (Å²) in [6.45, 7) is 7.22. The molecule has 57 heavy (non-hydrogen) atoms. The molecule has 1 fully saturated rings. The van der Waals surface area contributed by atoms with Crippen LogP contribution in [-0.4, -0.2) is 90.0 Å². The molecule has 1 aliphatic rings. The smallest absolute Gasteiger partial charge is 0.342 e. The van der Waals surface area contributed by atoms with Crippen molar-refractivity contribution in [2.24, 2.45) is 0 Å². The number of esters is 2. The van der Waals surface area contributed by atoms with Crippen LogP contribution in [0.25, 0.3) is 22.3 Å². The molecule has 1 atom stereocenters. The Hall–Kier alpha value is -5.65. The van der Waals surface area contributed by atoms with Crippen molar-refractivity contribution in [3.05, 3.63) is 123 Å². The number of likely N-dealkylation sites (tertiary alicyclic amines) is 1. The summed E-state index contributed by atoms with van der Waals surface area (Å²) >= 11 is 0. The van der Waals surface area contributed by atoms with E-state index in [0.29, 0.717) is 46.1 Å². The summed E-state index contributed by atoms with van der Waals surface area (Å²) < 4.78 is 33.3. The molecule has 4 aromatic carbocycles.